The monoisotopic (exact) mass is 1340 g/mol. The summed E-state index contributed by atoms with van der Waals surface area (Å²) in [5, 5.41) is 190. The lowest BCUT2D eigenvalue weighted by atomic mass is 9.72. The third kappa shape index (κ3) is 15.6. The summed E-state index contributed by atoms with van der Waals surface area (Å²) >= 11 is 0. The third-order valence-electron chi connectivity index (χ3n) is 18.1. The molecule has 0 radical (unpaired) electrons. The van der Waals surface area contributed by atoms with Gasteiger partial charge in [-0.1, -0.05) is 38.1 Å². The Labute approximate surface area is 537 Å². The minimum Gasteiger partial charge on any atom is -0.507 e. The molecule has 3 saturated heterocycles. The van der Waals surface area contributed by atoms with E-state index in [0.717, 1.165) is 11.6 Å². The molecule has 1 aromatic heterocycles. The molecule has 2 aliphatic carbocycles. The average Bonchev–Trinajstić information content (AvgIpc) is 0.726. The molecule has 1 amide bonds. The second-order valence-corrected chi connectivity index (χ2v) is 25.3. The number of aliphatic carboxylic acids is 1. The Morgan fingerprint density at radius 3 is 2.24 bits per heavy atom. The van der Waals surface area contributed by atoms with Crippen LogP contribution in [-0.2, 0) is 67.1 Å². The minimum absolute atomic E-state index is 0.00702. The van der Waals surface area contributed by atoms with Crippen LogP contribution in [0.4, 0.5) is 0 Å². The topological polar surface area (TPSA) is 538 Å². The Balaban J connectivity index is 0.855. The van der Waals surface area contributed by atoms with Crippen molar-refractivity contribution in [1.29, 1.82) is 0 Å². The van der Waals surface area contributed by atoms with Crippen molar-refractivity contribution in [1.82, 2.24) is 25.6 Å². The fourth-order valence-electron chi connectivity index (χ4n) is 12.1. The fourth-order valence-corrected chi connectivity index (χ4v) is 12.1. The van der Waals surface area contributed by atoms with Crippen molar-refractivity contribution in [3.05, 3.63) is 63.5 Å². The summed E-state index contributed by atoms with van der Waals surface area (Å²) in [5.74, 6) is -11.0. The Morgan fingerprint density at radius 2 is 1.59 bits per heavy atom. The molecule has 8 rings (SSSR count). The summed E-state index contributed by atoms with van der Waals surface area (Å²) in [6.07, 6.45) is -29.7. The second-order valence-electron chi connectivity index (χ2n) is 25.3. The number of aliphatic hydroxyl groups is 13. The number of hydrogen-bond donors (Lipinski definition) is 18. The number of ketones is 3. The zero-order chi connectivity index (χ0) is 69.2. The number of carbonyl (C=O) groups is 5. The number of hydrogen-bond acceptors (Lipinski definition) is 31. The van der Waals surface area contributed by atoms with Gasteiger partial charge >= 0.3 is 5.97 Å². The maximum atomic E-state index is 14.1. The van der Waals surface area contributed by atoms with Gasteiger partial charge in [0.2, 0.25) is 11.7 Å². The van der Waals surface area contributed by atoms with Gasteiger partial charge in [0.15, 0.2) is 24.1 Å². The largest absolute Gasteiger partial charge is 0.507 e. The predicted molar refractivity (Wildman–Crippen MR) is 312 cm³/mol. The van der Waals surface area contributed by atoms with Crippen molar-refractivity contribution in [3.63, 3.8) is 0 Å². The van der Waals surface area contributed by atoms with Gasteiger partial charge in [0.25, 0.3) is 5.79 Å². The number of methoxy groups -OCH3 is 1. The molecule has 3 aromatic rings. The van der Waals surface area contributed by atoms with Crippen molar-refractivity contribution in [3.8, 4) is 17.2 Å². The number of nitrogens with one attached hydrogen (secondary N) is 2. The third-order valence-corrected chi connectivity index (χ3v) is 18.1. The number of nitrogens with zero attached hydrogens (tertiary/aromatic N) is 3. The van der Waals surface area contributed by atoms with E-state index in [1.165, 1.54) is 38.4 Å². The smallest absolute Gasteiger partial charge is 0.364 e. The van der Waals surface area contributed by atoms with E-state index in [4.69, 9.17) is 37.9 Å². The molecular weight excluding hydrogens is 1250 g/mol. The van der Waals surface area contributed by atoms with Gasteiger partial charge in [-0.2, -0.15) is 0 Å². The highest BCUT2D eigenvalue weighted by molar-refractivity contribution is 6.31. The average molecular weight is 1340 g/mol. The maximum absolute atomic E-state index is 14.1. The number of carboxylic acid groups (broad SMARTS) is 1. The van der Waals surface area contributed by atoms with E-state index in [1.54, 1.807) is 0 Å². The molecular formula is C60H85N5O29. The van der Waals surface area contributed by atoms with Gasteiger partial charge in [0.05, 0.1) is 99.6 Å². The standard InChI is InChI=1S/C60H85N5O29/c1-7-58(4,5)23-89-56-54(83)53(82)50(79)37(93-56)22-90-60(57(84)85)13-31(68)29(15-61-25(3)67)55(94-60)49(78)33(70)18-65-17-26(63-64-65)20-88-21-34(71)48(77)47(76)32(69)16-62-30-11-39(91-24(2)44(30)73)92-36-14-59(86,38(72)19-66)12-28-41(36)52(81)43-42(46(28)75)45(74)27-9-8-10-35(87-6)40(27)51(43)80/h8-10,17,24,29-34,36-37,39,44,47-50,53-56,62,66,68-71,73,75-79,81-83,86H,7,11-16,18-23H2,1-6H3,(H,61,67)(H,84,85)/t24?,29?,30?,31?,32?,33-,34?,36?,37?,39?,44?,47?,48?,49?,50?,53?,54?,55+,56?,59?,60?/m1/s1. The van der Waals surface area contributed by atoms with E-state index in [1.807, 2.05) is 20.8 Å². The number of amides is 1. The lowest BCUT2D eigenvalue weighted by Gasteiger charge is -2.47. The lowest BCUT2D eigenvalue weighted by Crippen LogP contribution is -2.65. The van der Waals surface area contributed by atoms with E-state index in [9.17, 15) is 106 Å². The van der Waals surface area contributed by atoms with Gasteiger partial charge in [0, 0.05) is 74.3 Å². The van der Waals surface area contributed by atoms with Crippen molar-refractivity contribution < 1.29 is 144 Å². The number of Topliss-reactive ketones (excluding diaryl/α,β-unsaturated/α-hetero) is 1. The highest BCUT2D eigenvalue weighted by Crippen LogP contribution is 2.53. The summed E-state index contributed by atoms with van der Waals surface area (Å²) in [4.78, 5) is 66.1. The maximum Gasteiger partial charge on any atom is 0.364 e. The van der Waals surface area contributed by atoms with Crippen LogP contribution in [0.1, 0.15) is 115 Å². The van der Waals surface area contributed by atoms with E-state index in [-0.39, 0.29) is 58.7 Å². The number of phenolic OH excluding ortho intramolecular Hbond substituents is 2. The Bertz CT molecular complexity index is 3190. The molecule has 5 aliphatic rings. The van der Waals surface area contributed by atoms with Crippen LogP contribution in [0.25, 0.3) is 0 Å². The normalized spacial score (nSPS) is 31.5. The molecule has 0 saturated carbocycles. The molecule has 21 atom stereocenters. The number of fused-ring (bicyclic) bond motifs is 3. The molecule has 34 nitrogen and oxygen atoms in total. The highest BCUT2D eigenvalue weighted by Gasteiger charge is 2.57. The molecule has 524 valence electrons. The van der Waals surface area contributed by atoms with Gasteiger partial charge < -0.3 is 130 Å². The number of rotatable bonds is 29. The first kappa shape index (κ1) is 73.9. The van der Waals surface area contributed by atoms with Gasteiger partial charge in [-0.05, 0) is 24.8 Å². The molecule has 0 spiro atoms. The number of phenols is 2. The first-order valence-electron chi connectivity index (χ1n) is 30.5. The van der Waals surface area contributed by atoms with Crippen LogP contribution in [0.15, 0.2) is 24.4 Å². The molecule has 4 heterocycles. The van der Waals surface area contributed by atoms with E-state index in [0.29, 0.717) is 6.42 Å². The van der Waals surface area contributed by atoms with Crippen molar-refractivity contribution in [2.24, 2.45) is 11.3 Å². The van der Waals surface area contributed by atoms with Crippen LogP contribution in [0.5, 0.6) is 17.2 Å². The van der Waals surface area contributed by atoms with Crippen molar-refractivity contribution in [2.45, 2.75) is 201 Å². The van der Waals surface area contributed by atoms with Gasteiger partial charge in [-0.3, -0.25) is 19.2 Å². The number of aliphatic hydroxyl groups excluding tert-OH is 12. The van der Waals surface area contributed by atoms with E-state index >= 15 is 0 Å². The van der Waals surface area contributed by atoms with Crippen molar-refractivity contribution >= 4 is 29.2 Å². The first-order chi connectivity index (χ1) is 44.2. The van der Waals surface area contributed by atoms with Crippen LogP contribution in [0.3, 0.4) is 0 Å². The van der Waals surface area contributed by atoms with Crippen LogP contribution in [0, 0.1) is 11.3 Å². The predicted octanol–water partition coefficient (Wildman–Crippen LogP) is -5.43. The lowest BCUT2D eigenvalue weighted by molar-refractivity contribution is -0.343. The summed E-state index contributed by atoms with van der Waals surface area (Å²) < 4.78 is 47.1. The molecule has 0 bridgehead atoms. The number of ether oxygens (including phenoxy) is 8. The Hall–Kier alpha value is -5.91. The summed E-state index contributed by atoms with van der Waals surface area (Å²) in [5.41, 5.74) is -5.01. The number of aromatic hydroxyl groups is 2. The summed E-state index contributed by atoms with van der Waals surface area (Å²) in [6, 6.07) is 3.11. The Kier molecular flexibility index (Phi) is 23.8. The zero-order valence-corrected chi connectivity index (χ0v) is 52.3. The molecule has 3 fully saturated rings. The first-order valence-corrected chi connectivity index (χ1v) is 30.5. The molecule has 94 heavy (non-hydrogen) atoms. The van der Waals surface area contributed by atoms with Crippen molar-refractivity contribution in [2.75, 3.05) is 46.6 Å². The van der Waals surface area contributed by atoms with Crippen LogP contribution >= 0.6 is 0 Å². The molecule has 18 N–H and O–H groups in total. The van der Waals surface area contributed by atoms with Gasteiger partial charge in [-0.15, -0.1) is 5.10 Å². The fraction of sp³-hybridized carbons (Fsp3) is 0.683. The number of benzene rings is 2. The van der Waals surface area contributed by atoms with Crippen LogP contribution in [-0.4, -0.2) is 288 Å². The zero-order valence-electron chi connectivity index (χ0n) is 52.3. The molecule has 3 aliphatic heterocycles. The SMILES string of the molecule is CCC(C)(C)COC1OC(COC2(C(=O)O)CC(O)C(CNC(C)=O)[C@@H](C(O)[C@H](O)Cn3cc(COCC(O)C(O)C(O)C(O)CNC4CC(OC5CC(O)(C(=O)CO)Cc6c(O)c7c(c(O)c65)C(=O)c5c(OC)cccc5C7=O)OC(C)C4O)nn3)O2)C(O)C(O)C1O. The second kappa shape index (κ2) is 30.2. The van der Waals surface area contributed by atoms with Crippen LogP contribution in [0.2, 0.25) is 0 Å². The number of carbonyl (C=O) groups excluding carboxylic acids is 4. The molecule has 34 heteroatoms. The number of aromatic nitrogens is 3. The Morgan fingerprint density at radius 1 is 0.894 bits per heavy atom. The molecule has 19 unspecified atom stereocenters. The number of carboxylic acids is 1. The highest BCUT2D eigenvalue weighted by atomic mass is 16.7. The summed E-state index contributed by atoms with van der Waals surface area (Å²) in [7, 11) is 1.26. The quantitative estimate of drug-likeness (QED) is 0.0226. The van der Waals surface area contributed by atoms with E-state index in [2.05, 4.69) is 20.9 Å². The van der Waals surface area contributed by atoms with E-state index < -0.39 is 238 Å². The van der Waals surface area contributed by atoms with Gasteiger partial charge in [-0.25, -0.2) is 9.48 Å². The summed E-state index contributed by atoms with van der Waals surface area (Å²) in [6.45, 7) is 3.68. The van der Waals surface area contributed by atoms with Crippen LogP contribution < -0.4 is 15.4 Å². The molecule has 2 aromatic carbocycles. The van der Waals surface area contributed by atoms with Gasteiger partial charge in [0.1, 0.15) is 90.1 Å². The minimum atomic E-state index is -2.81.